The molecular weight excluding hydrogens is 405 g/mol. The maximum Gasteiger partial charge on any atom is 0.251 e. The molecule has 0 spiro atoms. The van der Waals surface area contributed by atoms with Crippen LogP contribution in [0.4, 0.5) is 10.2 Å². The van der Waals surface area contributed by atoms with Crippen LogP contribution in [-0.2, 0) is 6.54 Å². The number of anilines is 1. The Morgan fingerprint density at radius 1 is 1.16 bits per heavy atom. The summed E-state index contributed by atoms with van der Waals surface area (Å²) in [4.78, 5) is 16.9. The molecule has 5 rings (SSSR count). The van der Waals surface area contributed by atoms with Crippen LogP contribution in [0.5, 0.6) is 0 Å². The topological polar surface area (TPSA) is 71.3 Å². The number of rotatable bonds is 7. The molecular formula is C25H24FN5O. The fourth-order valence-corrected chi connectivity index (χ4v) is 3.63. The molecule has 2 aromatic carbocycles. The third kappa shape index (κ3) is 4.19. The second-order valence-electron chi connectivity index (χ2n) is 8.27. The molecule has 1 amide bonds. The molecule has 0 bridgehead atoms. The second kappa shape index (κ2) is 8.42. The summed E-state index contributed by atoms with van der Waals surface area (Å²) >= 11 is 0. The number of halogens is 1. The first-order valence-corrected chi connectivity index (χ1v) is 10.8. The average molecular weight is 429 g/mol. The van der Waals surface area contributed by atoms with Crippen LogP contribution in [0.15, 0.2) is 60.8 Å². The highest BCUT2D eigenvalue weighted by Crippen LogP contribution is 2.28. The summed E-state index contributed by atoms with van der Waals surface area (Å²) in [5.74, 6) is 1.02. The summed E-state index contributed by atoms with van der Waals surface area (Å²) in [6.07, 6.45) is 4.16. The quantitative estimate of drug-likeness (QED) is 0.451. The van der Waals surface area contributed by atoms with E-state index in [1.54, 1.807) is 35.0 Å². The lowest BCUT2D eigenvalue weighted by molar-refractivity contribution is 0.0952. The van der Waals surface area contributed by atoms with Crippen LogP contribution in [0.3, 0.4) is 0 Å². The number of benzene rings is 2. The van der Waals surface area contributed by atoms with E-state index in [0.29, 0.717) is 40.7 Å². The Morgan fingerprint density at radius 3 is 2.69 bits per heavy atom. The summed E-state index contributed by atoms with van der Waals surface area (Å²) in [5.41, 5.74) is 4.25. The highest BCUT2D eigenvalue weighted by molar-refractivity contribution is 5.94. The number of hydrogen-bond acceptors (Lipinski definition) is 4. The van der Waals surface area contributed by atoms with Gasteiger partial charge in [-0.25, -0.2) is 9.37 Å². The highest BCUT2D eigenvalue weighted by Gasteiger charge is 2.21. The minimum absolute atomic E-state index is 0.0335. The predicted molar refractivity (Wildman–Crippen MR) is 122 cm³/mol. The van der Waals surface area contributed by atoms with Gasteiger partial charge in [-0.3, -0.25) is 4.79 Å². The van der Waals surface area contributed by atoms with E-state index in [0.717, 1.165) is 17.7 Å². The van der Waals surface area contributed by atoms with E-state index >= 15 is 0 Å². The molecule has 0 aliphatic heterocycles. The van der Waals surface area contributed by atoms with E-state index in [9.17, 15) is 9.18 Å². The Kier molecular flexibility index (Phi) is 5.31. The normalized spacial score (nSPS) is 13.3. The van der Waals surface area contributed by atoms with Crippen molar-refractivity contribution in [1.82, 2.24) is 19.9 Å². The monoisotopic (exact) mass is 429 g/mol. The zero-order valence-corrected chi connectivity index (χ0v) is 17.8. The number of nitrogens with zero attached hydrogens (tertiary/aromatic N) is 3. The average Bonchev–Trinajstić information content (AvgIpc) is 3.58. The Labute approximate surface area is 185 Å². The number of fused-ring (bicyclic) bond motifs is 1. The zero-order chi connectivity index (χ0) is 22.1. The lowest BCUT2D eigenvalue weighted by Gasteiger charge is -2.12. The van der Waals surface area contributed by atoms with Gasteiger partial charge in [0.25, 0.3) is 5.91 Å². The van der Waals surface area contributed by atoms with Gasteiger partial charge in [0, 0.05) is 35.8 Å². The fraction of sp³-hybridized carbons (Fsp3) is 0.240. The number of carbonyl (C=O) groups excluding carboxylic acids is 1. The van der Waals surface area contributed by atoms with Crippen LogP contribution in [0, 0.1) is 18.7 Å². The molecule has 0 radical (unpaired) electrons. The molecule has 0 saturated heterocycles. The second-order valence-corrected chi connectivity index (χ2v) is 8.27. The van der Waals surface area contributed by atoms with Crippen LogP contribution in [0.2, 0.25) is 0 Å². The lowest BCUT2D eigenvalue weighted by Crippen LogP contribution is -2.25. The number of aromatic nitrogens is 3. The third-order valence-corrected chi connectivity index (χ3v) is 5.74. The van der Waals surface area contributed by atoms with Crippen molar-refractivity contribution in [2.24, 2.45) is 5.92 Å². The Balaban J connectivity index is 1.35. The van der Waals surface area contributed by atoms with Gasteiger partial charge in [0.2, 0.25) is 0 Å². The summed E-state index contributed by atoms with van der Waals surface area (Å²) < 4.78 is 16.1. The maximum atomic E-state index is 14.4. The number of aryl methyl sites for hydroxylation is 1. The van der Waals surface area contributed by atoms with E-state index in [2.05, 4.69) is 20.7 Å². The molecule has 162 valence electrons. The highest BCUT2D eigenvalue weighted by atomic mass is 19.1. The van der Waals surface area contributed by atoms with Gasteiger partial charge >= 0.3 is 0 Å². The molecule has 0 unspecified atom stereocenters. The first kappa shape index (κ1) is 20.2. The van der Waals surface area contributed by atoms with E-state index in [4.69, 9.17) is 0 Å². The maximum absolute atomic E-state index is 14.4. The van der Waals surface area contributed by atoms with Crippen molar-refractivity contribution in [3.05, 3.63) is 83.3 Å². The van der Waals surface area contributed by atoms with Crippen LogP contribution < -0.4 is 10.6 Å². The van der Waals surface area contributed by atoms with Gasteiger partial charge < -0.3 is 10.6 Å². The first-order valence-electron chi connectivity index (χ1n) is 10.8. The van der Waals surface area contributed by atoms with Crippen LogP contribution >= 0.6 is 0 Å². The number of amides is 1. The minimum Gasteiger partial charge on any atom is -0.366 e. The van der Waals surface area contributed by atoms with Crippen molar-refractivity contribution in [3.63, 3.8) is 0 Å². The Morgan fingerprint density at radius 2 is 1.94 bits per heavy atom. The zero-order valence-electron chi connectivity index (χ0n) is 17.8. The van der Waals surface area contributed by atoms with Crippen LogP contribution in [0.1, 0.15) is 34.3 Å². The van der Waals surface area contributed by atoms with Crippen LogP contribution in [-0.4, -0.2) is 27.0 Å². The number of carbonyl (C=O) groups is 1. The molecule has 1 aliphatic rings. The molecule has 32 heavy (non-hydrogen) atoms. The SMILES string of the molecule is Cc1cnn2c(NCc3ccc(C(=O)NCC4CC4)cc3)cc(-c3ccccc3F)nc12. The van der Waals surface area contributed by atoms with Crippen molar-refractivity contribution in [2.45, 2.75) is 26.3 Å². The van der Waals surface area contributed by atoms with E-state index < -0.39 is 0 Å². The lowest BCUT2D eigenvalue weighted by atomic mass is 10.1. The predicted octanol–water partition coefficient (Wildman–Crippen LogP) is 4.60. The fourth-order valence-electron chi connectivity index (χ4n) is 3.63. The van der Waals surface area contributed by atoms with E-state index in [-0.39, 0.29) is 11.7 Å². The van der Waals surface area contributed by atoms with Crippen LogP contribution in [0.25, 0.3) is 16.9 Å². The summed E-state index contributed by atoms with van der Waals surface area (Å²) in [6, 6.07) is 16.0. The largest absolute Gasteiger partial charge is 0.366 e. The minimum atomic E-state index is -0.317. The van der Waals surface area contributed by atoms with Gasteiger partial charge in [0.15, 0.2) is 5.65 Å². The summed E-state index contributed by atoms with van der Waals surface area (Å²) in [7, 11) is 0. The molecule has 2 N–H and O–H groups in total. The molecule has 1 saturated carbocycles. The molecule has 1 fully saturated rings. The molecule has 7 heteroatoms. The van der Waals surface area contributed by atoms with Gasteiger partial charge in [-0.05, 0) is 55.5 Å². The van der Waals surface area contributed by atoms with Crippen molar-refractivity contribution in [3.8, 4) is 11.3 Å². The van der Waals surface area contributed by atoms with Crippen molar-refractivity contribution in [2.75, 3.05) is 11.9 Å². The Hall–Kier alpha value is -3.74. The molecule has 4 aromatic rings. The van der Waals surface area contributed by atoms with E-state index in [1.807, 2.05) is 31.2 Å². The van der Waals surface area contributed by atoms with Crippen molar-refractivity contribution < 1.29 is 9.18 Å². The number of hydrogen-bond donors (Lipinski definition) is 2. The summed E-state index contributed by atoms with van der Waals surface area (Å²) in [6.45, 7) is 3.21. The first-order chi connectivity index (χ1) is 15.6. The van der Waals surface area contributed by atoms with E-state index in [1.165, 1.54) is 18.9 Å². The molecule has 1 aliphatic carbocycles. The molecule has 0 atom stereocenters. The van der Waals surface area contributed by atoms with Crippen molar-refractivity contribution in [1.29, 1.82) is 0 Å². The molecule has 2 aromatic heterocycles. The van der Waals surface area contributed by atoms with Gasteiger partial charge in [-0.2, -0.15) is 9.61 Å². The van der Waals surface area contributed by atoms with Gasteiger partial charge in [-0.15, -0.1) is 0 Å². The summed E-state index contributed by atoms with van der Waals surface area (Å²) in [5, 5.41) is 10.8. The Bertz CT molecular complexity index is 1280. The third-order valence-electron chi connectivity index (χ3n) is 5.74. The van der Waals surface area contributed by atoms with Gasteiger partial charge in [0.1, 0.15) is 11.6 Å². The van der Waals surface area contributed by atoms with Gasteiger partial charge in [0.05, 0.1) is 11.9 Å². The molecule has 6 nitrogen and oxygen atoms in total. The van der Waals surface area contributed by atoms with Gasteiger partial charge in [-0.1, -0.05) is 24.3 Å². The molecule has 2 heterocycles. The van der Waals surface area contributed by atoms with Crippen molar-refractivity contribution >= 4 is 17.4 Å². The number of nitrogens with one attached hydrogen (secondary N) is 2. The smallest absolute Gasteiger partial charge is 0.251 e. The standard InChI is InChI=1S/C25H24FN5O/c1-16-13-29-31-23(12-22(30-24(16)31)20-4-2-3-5-21(20)26)27-14-18-8-10-19(11-9-18)25(32)28-15-17-6-7-17/h2-5,8-13,17,27H,6-7,14-15H2,1H3,(H,28,32).